The molecule has 8 heteroatoms. The normalized spacial score (nSPS) is 16.7. The van der Waals surface area contributed by atoms with Crippen molar-refractivity contribution in [1.82, 2.24) is 19.9 Å². The number of benzene rings is 1. The van der Waals surface area contributed by atoms with Gasteiger partial charge in [0.1, 0.15) is 0 Å². The Bertz CT molecular complexity index is 812. The summed E-state index contributed by atoms with van der Waals surface area (Å²) in [6.45, 7) is 1.70. The van der Waals surface area contributed by atoms with E-state index in [1.54, 1.807) is 9.80 Å². The lowest BCUT2D eigenvalue weighted by Crippen LogP contribution is -2.50. The number of likely N-dealkylation sites (N-methyl/N-ethyl adjacent to an activating group) is 1. The molecule has 1 aliphatic heterocycles. The van der Waals surface area contributed by atoms with Crippen molar-refractivity contribution in [2.75, 3.05) is 32.0 Å². The molecule has 3 amide bonds. The molecule has 1 aliphatic carbocycles. The second-order valence-corrected chi connectivity index (χ2v) is 7.23. The maximum atomic E-state index is 12.2. The van der Waals surface area contributed by atoms with Crippen LogP contribution in [0.4, 0.5) is 10.5 Å². The van der Waals surface area contributed by atoms with Gasteiger partial charge in [-0.3, -0.25) is 4.79 Å². The number of rotatable bonds is 6. The number of aromatic nitrogens is 2. The molecule has 2 fully saturated rings. The van der Waals surface area contributed by atoms with Gasteiger partial charge in [-0.1, -0.05) is 23.4 Å². The molecule has 1 saturated carbocycles. The van der Waals surface area contributed by atoms with Crippen LogP contribution < -0.4 is 5.32 Å². The first-order valence-electron chi connectivity index (χ1n) is 9.28. The standard InChI is InChI=1S/C19H23N5O3/c1-23(18(25)13-7-8-13)10-9-16-21-17(27-22-16)14-11-24(12-14)19(26)20-15-5-3-2-4-6-15/h2-6,13-14H,7-12H2,1H3,(H,20,26). The van der Waals surface area contributed by atoms with E-state index in [4.69, 9.17) is 4.52 Å². The molecule has 1 saturated heterocycles. The molecule has 8 nitrogen and oxygen atoms in total. The van der Waals surface area contributed by atoms with E-state index < -0.39 is 0 Å². The van der Waals surface area contributed by atoms with E-state index in [0.29, 0.717) is 37.8 Å². The van der Waals surface area contributed by atoms with Crippen LogP contribution in [0.25, 0.3) is 0 Å². The molecule has 0 bridgehead atoms. The lowest BCUT2D eigenvalue weighted by atomic mass is 10.0. The molecule has 0 radical (unpaired) electrons. The van der Waals surface area contributed by atoms with E-state index in [0.717, 1.165) is 18.5 Å². The van der Waals surface area contributed by atoms with E-state index in [2.05, 4.69) is 15.5 Å². The summed E-state index contributed by atoms with van der Waals surface area (Å²) >= 11 is 0. The van der Waals surface area contributed by atoms with Gasteiger partial charge in [-0.25, -0.2) is 4.79 Å². The summed E-state index contributed by atoms with van der Waals surface area (Å²) in [6, 6.07) is 9.24. The molecule has 142 valence electrons. The Hall–Kier alpha value is -2.90. The van der Waals surface area contributed by atoms with Gasteiger partial charge in [0.15, 0.2) is 5.82 Å². The molecule has 0 spiro atoms. The highest BCUT2D eigenvalue weighted by molar-refractivity contribution is 5.89. The summed E-state index contributed by atoms with van der Waals surface area (Å²) in [5.41, 5.74) is 0.774. The first-order chi connectivity index (χ1) is 13.1. The number of nitrogens with zero attached hydrogens (tertiary/aromatic N) is 4. The topological polar surface area (TPSA) is 91.6 Å². The highest BCUT2D eigenvalue weighted by Crippen LogP contribution is 2.30. The summed E-state index contributed by atoms with van der Waals surface area (Å²) in [6.07, 6.45) is 2.58. The van der Waals surface area contributed by atoms with Crippen molar-refractivity contribution in [1.29, 1.82) is 0 Å². The number of nitrogens with one attached hydrogen (secondary N) is 1. The Morgan fingerprint density at radius 2 is 2.00 bits per heavy atom. The quantitative estimate of drug-likeness (QED) is 0.842. The highest BCUT2D eigenvalue weighted by Gasteiger charge is 2.36. The zero-order chi connectivity index (χ0) is 18.8. The van der Waals surface area contributed by atoms with Gasteiger partial charge in [-0.2, -0.15) is 4.98 Å². The van der Waals surface area contributed by atoms with Crippen LogP contribution in [-0.4, -0.2) is 58.6 Å². The third-order valence-electron chi connectivity index (χ3n) is 5.00. The lowest BCUT2D eigenvalue weighted by Gasteiger charge is -2.36. The third kappa shape index (κ3) is 4.10. The molecule has 2 aliphatic rings. The van der Waals surface area contributed by atoms with E-state index in [1.807, 2.05) is 37.4 Å². The summed E-state index contributed by atoms with van der Waals surface area (Å²) in [5.74, 6) is 1.66. The number of amides is 3. The number of carbonyl (C=O) groups is 2. The predicted octanol–water partition coefficient (Wildman–Crippen LogP) is 2.11. The molecule has 2 heterocycles. The fourth-order valence-electron chi connectivity index (χ4n) is 3.08. The molecule has 1 aromatic carbocycles. The van der Waals surface area contributed by atoms with Gasteiger partial charge in [-0.15, -0.1) is 0 Å². The summed E-state index contributed by atoms with van der Waals surface area (Å²) in [7, 11) is 1.82. The van der Waals surface area contributed by atoms with Gasteiger partial charge in [0.2, 0.25) is 11.8 Å². The number of carbonyl (C=O) groups excluding carboxylic acids is 2. The van der Waals surface area contributed by atoms with Crippen LogP contribution in [0.2, 0.25) is 0 Å². The van der Waals surface area contributed by atoms with Crippen molar-refractivity contribution in [3.05, 3.63) is 42.0 Å². The van der Waals surface area contributed by atoms with Gasteiger partial charge in [0.05, 0.1) is 5.92 Å². The van der Waals surface area contributed by atoms with Gasteiger partial charge >= 0.3 is 6.03 Å². The van der Waals surface area contributed by atoms with Crippen molar-refractivity contribution >= 4 is 17.6 Å². The van der Waals surface area contributed by atoms with Crippen LogP contribution in [0, 0.1) is 5.92 Å². The van der Waals surface area contributed by atoms with Gasteiger partial charge < -0.3 is 19.6 Å². The maximum Gasteiger partial charge on any atom is 0.321 e. The Kier molecular flexibility index (Phi) is 4.79. The Morgan fingerprint density at radius 3 is 2.70 bits per heavy atom. The molecule has 0 atom stereocenters. The van der Waals surface area contributed by atoms with Crippen LogP contribution in [0.1, 0.15) is 30.5 Å². The number of urea groups is 1. The minimum Gasteiger partial charge on any atom is -0.345 e. The van der Waals surface area contributed by atoms with Crippen molar-refractivity contribution in [3.63, 3.8) is 0 Å². The average molecular weight is 369 g/mol. The number of anilines is 1. The van der Waals surface area contributed by atoms with Crippen LogP contribution in [0.3, 0.4) is 0 Å². The number of likely N-dealkylation sites (tertiary alicyclic amines) is 1. The van der Waals surface area contributed by atoms with E-state index in [1.165, 1.54) is 0 Å². The summed E-state index contributed by atoms with van der Waals surface area (Å²) in [4.78, 5) is 32.0. The van der Waals surface area contributed by atoms with E-state index >= 15 is 0 Å². The molecule has 0 unspecified atom stereocenters. The second-order valence-electron chi connectivity index (χ2n) is 7.23. The van der Waals surface area contributed by atoms with Crippen molar-refractivity contribution in [2.45, 2.75) is 25.2 Å². The smallest absolute Gasteiger partial charge is 0.321 e. The molecule has 1 aromatic heterocycles. The fraction of sp³-hybridized carbons (Fsp3) is 0.474. The van der Waals surface area contributed by atoms with Gasteiger partial charge in [0, 0.05) is 44.7 Å². The fourth-order valence-corrected chi connectivity index (χ4v) is 3.08. The number of hydrogen-bond acceptors (Lipinski definition) is 5. The van der Waals surface area contributed by atoms with Crippen molar-refractivity contribution < 1.29 is 14.1 Å². The monoisotopic (exact) mass is 369 g/mol. The predicted molar refractivity (Wildman–Crippen MR) is 98.1 cm³/mol. The molecule has 27 heavy (non-hydrogen) atoms. The number of para-hydroxylation sites is 1. The summed E-state index contributed by atoms with van der Waals surface area (Å²) < 4.78 is 5.34. The summed E-state index contributed by atoms with van der Waals surface area (Å²) in [5, 5.41) is 6.87. The van der Waals surface area contributed by atoms with E-state index in [-0.39, 0.29) is 23.8 Å². The first kappa shape index (κ1) is 17.5. The van der Waals surface area contributed by atoms with Gasteiger partial charge in [0.25, 0.3) is 0 Å². The SMILES string of the molecule is CN(CCc1noc(C2CN(C(=O)Nc3ccccc3)C2)n1)C(=O)C1CC1. The minimum atomic E-state index is -0.127. The highest BCUT2D eigenvalue weighted by atomic mass is 16.5. The molecule has 2 aromatic rings. The van der Waals surface area contributed by atoms with Crippen molar-refractivity contribution in [3.8, 4) is 0 Å². The van der Waals surface area contributed by atoms with Crippen molar-refractivity contribution in [2.24, 2.45) is 5.92 Å². The zero-order valence-electron chi connectivity index (χ0n) is 15.3. The van der Waals surface area contributed by atoms with Crippen LogP contribution in [0.5, 0.6) is 0 Å². The second kappa shape index (κ2) is 7.38. The Labute approximate surface area is 157 Å². The van der Waals surface area contributed by atoms with Crippen LogP contribution in [0.15, 0.2) is 34.9 Å². The zero-order valence-corrected chi connectivity index (χ0v) is 15.3. The largest absolute Gasteiger partial charge is 0.345 e. The average Bonchev–Trinajstić information content (AvgIpc) is 3.38. The molecule has 4 rings (SSSR count). The Balaban J connectivity index is 1.23. The maximum absolute atomic E-state index is 12.2. The van der Waals surface area contributed by atoms with Gasteiger partial charge in [-0.05, 0) is 25.0 Å². The van der Waals surface area contributed by atoms with Crippen LogP contribution in [-0.2, 0) is 11.2 Å². The molecular weight excluding hydrogens is 346 g/mol. The first-order valence-corrected chi connectivity index (χ1v) is 9.28. The molecule has 1 N–H and O–H groups in total. The van der Waals surface area contributed by atoms with E-state index in [9.17, 15) is 9.59 Å². The van der Waals surface area contributed by atoms with Crippen LogP contribution >= 0.6 is 0 Å². The molecular formula is C19H23N5O3. The lowest BCUT2D eigenvalue weighted by molar-refractivity contribution is -0.131. The Morgan fingerprint density at radius 1 is 1.26 bits per heavy atom. The third-order valence-corrected chi connectivity index (χ3v) is 5.00. The minimum absolute atomic E-state index is 0.0681. The number of hydrogen-bond donors (Lipinski definition) is 1.